The number of rotatable bonds is 0. The average Bonchev–Trinajstić information content (AvgIpc) is 2.47. The highest BCUT2D eigenvalue weighted by atomic mass is 16.5. The van der Waals surface area contributed by atoms with E-state index >= 15 is 0 Å². The molecular weight excluding hydrogens is 162 g/mol. The second-order valence-corrected chi connectivity index (χ2v) is 4.34. The fourth-order valence-electron chi connectivity index (χ4n) is 1.33. The van der Waals surface area contributed by atoms with Crippen molar-refractivity contribution in [2.45, 2.75) is 26.2 Å². The first-order valence-corrected chi connectivity index (χ1v) is 4.42. The van der Waals surface area contributed by atoms with Gasteiger partial charge in [0.05, 0.1) is 0 Å². The first-order valence-electron chi connectivity index (χ1n) is 4.42. The van der Waals surface area contributed by atoms with E-state index in [4.69, 9.17) is 4.52 Å². The van der Waals surface area contributed by atoms with Crippen molar-refractivity contribution < 1.29 is 4.52 Å². The summed E-state index contributed by atoms with van der Waals surface area (Å²) in [5.74, 6) is 0. The maximum absolute atomic E-state index is 4.88. The van der Waals surface area contributed by atoms with Crippen molar-refractivity contribution in [3.63, 3.8) is 0 Å². The van der Waals surface area contributed by atoms with Gasteiger partial charge in [-0.3, -0.25) is 0 Å². The highest BCUT2D eigenvalue weighted by Gasteiger charge is 2.14. The van der Waals surface area contributed by atoms with Gasteiger partial charge in [0.2, 0.25) is 0 Å². The fraction of sp³-hybridized carbons (Fsp3) is 0.364. The van der Waals surface area contributed by atoms with E-state index in [0.29, 0.717) is 0 Å². The Kier molecular flexibility index (Phi) is 1.65. The molecule has 0 unspecified atom stereocenters. The summed E-state index contributed by atoms with van der Waals surface area (Å²) < 4.78 is 4.88. The van der Waals surface area contributed by atoms with Crippen LogP contribution in [-0.4, -0.2) is 5.16 Å². The molecule has 0 aliphatic heterocycles. The van der Waals surface area contributed by atoms with E-state index in [1.165, 1.54) is 5.56 Å². The lowest BCUT2D eigenvalue weighted by atomic mass is 9.87. The van der Waals surface area contributed by atoms with E-state index in [9.17, 15) is 0 Å². The summed E-state index contributed by atoms with van der Waals surface area (Å²) in [7, 11) is 0. The molecule has 0 N–H and O–H groups in total. The summed E-state index contributed by atoms with van der Waals surface area (Å²) in [5.41, 5.74) is 2.40. The molecule has 0 saturated heterocycles. The van der Waals surface area contributed by atoms with Crippen molar-refractivity contribution in [1.29, 1.82) is 0 Å². The van der Waals surface area contributed by atoms with E-state index in [0.717, 1.165) is 10.9 Å². The van der Waals surface area contributed by atoms with Gasteiger partial charge in [-0.05, 0) is 23.1 Å². The van der Waals surface area contributed by atoms with E-state index in [1.807, 2.05) is 6.07 Å². The molecule has 1 aromatic carbocycles. The molecule has 0 fully saturated rings. The van der Waals surface area contributed by atoms with Gasteiger partial charge in [-0.2, -0.15) is 0 Å². The maximum atomic E-state index is 4.88. The predicted molar refractivity (Wildman–Crippen MR) is 52.7 cm³/mol. The predicted octanol–water partition coefficient (Wildman–Crippen LogP) is 3.13. The molecule has 2 aromatic rings. The van der Waals surface area contributed by atoms with Gasteiger partial charge in [0.15, 0.2) is 0 Å². The van der Waals surface area contributed by atoms with Gasteiger partial charge < -0.3 is 4.52 Å². The van der Waals surface area contributed by atoms with Crippen molar-refractivity contribution in [1.82, 2.24) is 5.16 Å². The summed E-state index contributed by atoms with van der Waals surface area (Å²) in [5, 5.41) is 4.98. The van der Waals surface area contributed by atoms with E-state index < -0.39 is 0 Å². The zero-order chi connectivity index (χ0) is 9.47. The van der Waals surface area contributed by atoms with Gasteiger partial charge in [-0.25, -0.2) is 0 Å². The third-order valence-electron chi connectivity index (χ3n) is 2.23. The van der Waals surface area contributed by atoms with Crippen LogP contribution < -0.4 is 0 Å². The Morgan fingerprint density at radius 2 is 2.00 bits per heavy atom. The first-order chi connectivity index (χ1) is 6.07. The molecule has 1 aromatic heterocycles. The van der Waals surface area contributed by atoms with E-state index in [1.54, 1.807) is 6.26 Å². The van der Waals surface area contributed by atoms with E-state index in [-0.39, 0.29) is 5.41 Å². The lowest BCUT2D eigenvalue weighted by Gasteiger charge is -2.18. The molecule has 0 spiro atoms. The molecule has 0 aliphatic carbocycles. The molecular formula is C11H13NO. The number of fused-ring (bicyclic) bond motifs is 1. The number of aromatic nitrogens is 1. The Morgan fingerprint density at radius 1 is 1.23 bits per heavy atom. The van der Waals surface area contributed by atoms with Crippen LogP contribution in [0.25, 0.3) is 10.9 Å². The monoisotopic (exact) mass is 175 g/mol. The smallest absolute Gasteiger partial charge is 0.131 e. The van der Waals surface area contributed by atoms with Gasteiger partial charge in [-0.1, -0.05) is 32.0 Å². The average molecular weight is 175 g/mol. The second-order valence-electron chi connectivity index (χ2n) is 4.34. The fourth-order valence-corrected chi connectivity index (χ4v) is 1.33. The molecule has 1 heterocycles. The molecule has 2 nitrogen and oxygen atoms in total. The Labute approximate surface area is 77.5 Å². The largest absolute Gasteiger partial charge is 0.364 e. The van der Waals surface area contributed by atoms with Crippen LogP contribution in [0.1, 0.15) is 26.3 Å². The summed E-state index contributed by atoms with van der Waals surface area (Å²) in [4.78, 5) is 0. The molecule has 0 amide bonds. The molecule has 13 heavy (non-hydrogen) atoms. The lowest BCUT2D eigenvalue weighted by Crippen LogP contribution is -2.10. The van der Waals surface area contributed by atoms with Crippen LogP contribution in [0.15, 0.2) is 29.0 Å². The summed E-state index contributed by atoms with van der Waals surface area (Å²) in [6.07, 6.45) is 1.67. The second kappa shape index (κ2) is 2.59. The molecule has 0 aliphatic rings. The van der Waals surface area contributed by atoms with Crippen LogP contribution in [0.2, 0.25) is 0 Å². The van der Waals surface area contributed by atoms with Gasteiger partial charge >= 0.3 is 0 Å². The third-order valence-corrected chi connectivity index (χ3v) is 2.23. The van der Waals surface area contributed by atoms with Crippen LogP contribution in [0.3, 0.4) is 0 Å². The minimum Gasteiger partial charge on any atom is -0.364 e. The molecule has 0 radical (unpaired) electrons. The SMILES string of the molecule is CC(C)(C)c1ccc2conc2c1. The topological polar surface area (TPSA) is 26.0 Å². The zero-order valence-corrected chi connectivity index (χ0v) is 8.16. The minimum atomic E-state index is 0.174. The Balaban J connectivity index is 2.61. The lowest BCUT2D eigenvalue weighted by molar-refractivity contribution is 0.428. The molecule has 0 bridgehead atoms. The molecule has 68 valence electrons. The van der Waals surface area contributed by atoms with Gasteiger partial charge in [0.1, 0.15) is 11.8 Å². The Hall–Kier alpha value is -1.31. The van der Waals surface area contributed by atoms with Crippen molar-refractivity contribution in [2.75, 3.05) is 0 Å². The number of nitrogens with zero attached hydrogens (tertiary/aromatic N) is 1. The summed E-state index contributed by atoms with van der Waals surface area (Å²) in [6.45, 7) is 6.57. The molecule has 0 saturated carbocycles. The summed E-state index contributed by atoms with van der Waals surface area (Å²) >= 11 is 0. The molecule has 0 atom stereocenters. The minimum absolute atomic E-state index is 0.174. The number of hydrogen-bond donors (Lipinski definition) is 0. The highest BCUT2D eigenvalue weighted by molar-refractivity contribution is 5.78. The third kappa shape index (κ3) is 1.44. The van der Waals surface area contributed by atoms with Crippen LogP contribution in [-0.2, 0) is 5.41 Å². The van der Waals surface area contributed by atoms with Crippen molar-refractivity contribution >= 4 is 10.9 Å². The van der Waals surface area contributed by atoms with E-state index in [2.05, 4.69) is 38.1 Å². The van der Waals surface area contributed by atoms with Crippen molar-refractivity contribution in [2.24, 2.45) is 0 Å². The van der Waals surface area contributed by atoms with Gasteiger partial charge in [0.25, 0.3) is 0 Å². The van der Waals surface area contributed by atoms with Gasteiger partial charge in [0, 0.05) is 5.39 Å². The van der Waals surface area contributed by atoms with Crippen LogP contribution in [0.5, 0.6) is 0 Å². The zero-order valence-electron chi connectivity index (χ0n) is 8.16. The van der Waals surface area contributed by atoms with Crippen molar-refractivity contribution in [3.8, 4) is 0 Å². The number of hydrogen-bond acceptors (Lipinski definition) is 2. The Morgan fingerprint density at radius 3 is 2.69 bits per heavy atom. The van der Waals surface area contributed by atoms with Crippen LogP contribution >= 0.6 is 0 Å². The quantitative estimate of drug-likeness (QED) is 0.614. The van der Waals surface area contributed by atoms with Crippen LogP contribution in [0.4, 0.5) is 0 Å². The standard InChI is InChI=1S/C11H13NO/c1-11(2,3)9-5-4-8-7-13-12-10(8)6-9/h4-7H,1-3H3. The Bertz CT molecular complexity index is 423. The maximum Gasteiger partial charge on any atom is 0.131 e. The summed E-state index contributed by atoms with van der Waals surface area (Å²) in [6, 6.07) is 6.25. The van der Waals surface area contributed by atoms with Crippen molar-refractivity contribution in [3.05, 3.63) is 30.0 Å². The number of benzene rings is 1. The van der Waals surface area contributed by atoms with Crippen LogP contribution in [0, 0.1) is 0 Å². The molecule has 2 heteroatoms. The first kappa shape index (κ1) is 8.30. The highest BCUT2D eigenvalue weighted by Crippen LogP contribution is 2.25. The normalized spacial score (nSPS) is 12.2. The molecule has 2 rings (SSSR count). The van der Waals surface area contributed by atoms with Gasteiger partial charge in [-0.15, -0.1) is 0 Å².